The molecule has 0 amide bonds. The van der Waals surface area contributed by atoms with Crippen LogP contribution < -0.4 is 10.4 Å². The minimum atomic E-state index is -2.84. The molecule has 2 aromatic carbocycles. The molecule has 0 spiro atoms. The topological polar surface area (TPSA) is 66.4 Å². The second kappa shape index (κ2) is 9.13. The number of benzene rings is 2. The lowest BCUT2D eigenvalue weighted by atomic mass is 9.91. The Morgan fingerprint density at radius 1 is 0.941 bits per heavy atom. The Kier molecular flexibility index (Phi) is 6.85. The van der Waals surface area contributed by atoms with Crippen molar-refractivity contribution < 1.29 is 28.5 Å². The molecule has 4 rings (SSSR count). The zero-order valence-corrected chi connectivity index (χ0v) is 22.3. The molecule has 0 aromatic heterocycles. The normalized spacial score (nSPS) is 29.7. The Balaban J connectivity index is 1.78. The summed E-state index contributed by atoms with van der Waals surface area (Å²) in [4.78, 5) is 0. The lowest BCUT2D eigenvalue weighted by molar-refractivity contribution is -0.265. The van der Waals surface area contributed by atoms with Crippen molar-refractivity contribution in [1.82, 2.24) is 0 Å². The van der Waals surface area contributed by atoms with Crippen LogP contribution in [0.5, 0.6) is 0 Å². The molecule has 0 bridgehead atoms. The summed E-state index contributed by atoms with van der Waals surface area (Å²) in [7, 11) is -1.23. The van der Waals surface area contributed by atoms with Crippen molar-refractivity contribution in [3.63, 3.8) is 0 Å². The van der Waals surface area contributed by atoms with Crippen LogP contribution in [0.4, 0.5) is 0 Å². The second-order valence-electron chi connectivity index (χ2n) is 10.8. The smallest absolute Gasteiger partial charge is 0.261 e. The molecular weight excluding hydrogens is 448 g/mol. The number of aliphatic hydroxyl groups is 1. The second-order valence-corrected chi connectivity index (χ2v) is 15.1. The van der Waals surface area contributed by atoms with E-state index in [4.69, 9.17) is 23.4 Å². The molecule has 2 aliphatic heterocycles. The molecule has 1 N–H and O–H groups in total. The zero-order chi connectivity index (χ0) is 24.8. The highest BCUT2D eigenvalue weighted by Crippen LogP contribution is 2.46. The van der Waals surface area contributed by atoms with E-state index in [-0.39, 0.29) is 11.6 Å². The summed E-state index contributed by atoms with van der Waals surface area (Å²) in [5, 5.41) is 13.2. The lowest BCUT2D eigenvalue weighted by Crippen LogP contribution is -2.69. The lowest BCUT2D eigenvalue weighted by Gasteiger charge is -2.46. The fourth-order valence-electron chi connectivity index (χ4n) is 5.50. The first kappa shape index (κ1) is 25.5. The number of methoxy groups -OCH3 is 1. The van der Waals surface area contributed by atoms with E-state index in [0.717, 1.165) is 10.4 Å². The Bertz CT molecular complexity index is 919. The van der Waals surface area contributed by atoms with E-state index in [1.54, 1.807) is 14.0 Å². The van der Waals surface area contributed by atoms with E-state index in [2.05, 4.69) is 69.3 Å². The van der Waals surface area contributed by atoms with Gasteiger partial charge in [0.05, 0.1) is 12.7 Å². The van der Waals surface area contributed by atoms with Crippen molar-refractivity contribution in [2.45, 2.75) is 82.6 Å². The van der Waals surface area contributed by atoms with Crippen LogP contribution >= 0.6 is 0 Å². The summed E-state index contributed by atoms with van der Waals surface area (Å²) in [6.07, 6.45) is -2.54. The average molecular weight is 487 g/mol. The summed E-state index contributed by atoms with van der Waals surface area (Å²) in [6.45, 7) is 12.2. The Hall–Kier alpha value is -1.58. The van der Waals surface area contributed by atoms with Gasteiger partial charge in [0, 0.05) is 7.11 Å². The van der Waals surface area contributed by atoms with Gasteiger partial charge in [-0.15, -0.1) is 0 Å². The SMILES string of the molecule is CO[C@H]1[C@H]2OC(C)(C)O[C@H]2O[C@@]1(CO[Si](c1ccccc1)(c1ccccc1)C(C)(C)C)[C@@H](C)O. The fourth-order valence-corrected chi connectivity index (χ4v) is 10.1. The molecule has 2 fully saturated rings. The van der Waals surface area contributed by atoms with Crippen molar-refractivity contribution in [3.8, 4) is 0 Å². The standard InChI is InChI=1S/C27H38O6Si/c1-19(28)27(23(29-7)22-24(33-27)32-26(5,6)31-22)18-30-34(25(2,3)4,20-14-10-8-11-15-20)21-16-12-9-13-17-21/h8-17,19,22-24,28H,18H2,1-7H3/t19-,22-,23+,24+,27+/m1/s1. The zero-order valence-electron chi connectivity index (χ0n) is 21.3. The Morgan fingerprint density at radius 2 is 1.47 bits per heavy atom. The third-order valence-corrected chi connectivity index (χ3v) is 12.1. The van der Waals surface area contributed by atoms with Gasteiger partial charge in [-0.25, -0.2) is 0 Å². The van der Waals surface area contributed by atoms with Gasteiger partial charge in [0.25, 0.3) is 8.32 Å². The van der Waals surface area contributed by atoms with Gasteiger partial charge < -0.3 is 28.5 Å². The molecule has 2 aromatic rings. The van der Waals surface area contributed by atoms with Gasteiger partial charge in [-0.3, -0.25) is 0 Å². The van der Waals surface area contributed by atoms with Gasteiger partial charge in [-0.1, -0.05) is 81.4 Å². The van der Waals surface area contributed by atoms with Crippen LogP contribution in [0.2, 0.25) is 5.04 Å². The summed E-state index contributed by atoms with van der Waals surface area (Å²) < 4.78 is 31.6. The van der Waals surface area contributed by atoms with Gasteiger partial charge in [0.2, 0.25) is 0 Å². The third kappa shape index (κ3) is 4.17. The third-order valence-electron chi connectivity index (χ3n) is 7.10. The maximum atomic E-state index is 11.0. The van der Waals surface area contributed by atoms with Gasteiger partial charge in [0.1, 0.15) is 17.8 Å². The molecule has 7 heteroatoms. The summed E-state index contributed by atoms with van der Waals surface area (Å²) in [6, 6.07) is 20.8. The molecule has 34 heavy (non-hydrogen) atoms. The Morgan fingerprint density at radius 3 is 1.91 bits per heavy atom. The van der Waals surface area contributed by atoms with Crippen LogP contribution in [0.3, 0.4) is 0 Å². The molecule has 2 saturated heterocycles. The van der Waals surface area contributed by atoms with Crippen LogP contribution in [-0.2, 0) is 23.4 Å². The minimum absolute atomic E-state index is 0.136. The maximum absolute atomic E-state index is 11.0. The van der Waals surface area contributed by atoms with Gasteiger partial charge in [0.15, 0.2) is 12.1 Å². The summed E-state index contributed by atoms with van der Waals surface area (Å²) in [5.74, 6) is -0.782. The predicted molar refractivity (Wildman–Crippen MR) is 134 cm³/mol. The van der Waals surface area contributed by atoms with E-state index < -0.39 is 44.3 Å². The molecular formula is C27H38O6Si. The number of ether oxygens (including phenoxy) is 4. The summed E-state index contributed by atoms with van der Waals surface area (Å²) in [5.41, 5.74) is -1.15. The van der Waals surface area contributed by atoms with Crippen LogP contribution in [0.15, 0.2) is 60.7 Å². The van der Waals surface area contributed by atoms with Gasteiger partial charge in [-0.2, -0.15) is 0 Å². The van der Waals surface area contributed by atoms with E-state index in [1.165, 1.54) is 0 Å². The molecule has 5 atom stereocenters. The molecule has 186 valence electrons. The molecule has 2 heterocycles. The molecule has 2 aliphatic rings. The molecule has 0 aliphatic carbocycles. The Labute approximate surface area is 204 Å². The van der Waals surface area contributed by atoms with Crippen LogP contribution in [0.25, 0.3) is 0 Å². The number of hydrogen-bond donors (Lipinski definition) is 1. The first-order valence-corrected chi connectivity index (χ1v) is 13.9. The van der Waals surface area contributed by atoms with Crippen molar-refractivity contribution in [2.75, 3.05) is 13.7 Å². The number of aliphatic hydroxyl groups excluding tert-OH is 1. The fraction of sp³-hybridized carbons (Fsp3) is 0.556. The highest BCUT2D eigenvalue weighted by molar-refractivity contribution is 6.99. The first-order valence-electron chi connectivity index (χ1n) is 12.0. The van der Waals surface area contributed by atoms with Crippen molar-refractivity contribution in [3.05, 3.63) is 60.7 Å². The van der Waals surface area contributed by atoms with Crippen molar-refractivity contribution >= 4 is 18.7 Å². The molecule has 0 saturated carbocycles. The van der Waals surface area contributed by atoms with Crippen LogP contribution in [0.1, 0.15) is 41.5 Å². The first-order chi connectivity index (χ1) is 16.0. The quantitative estimate of drug-likeness (QED) is 0.607. The molecule has 6 nitrogen and oxygen atoms in total. The van der Waals surface area contributed by atoms with E-state index >= 15 is 0 Å². The van der Waals surface area contributed by atoms with E-state index in [0.29, 0.717) is 0 Å². The van der Waals surface area contributed by atoms with Gasteiger partial charge in [-0.05, 0) is 36.2 Å². The molecule has 0 unspecified atom stereocenters. The van der Waals surface area contributed by atoms with Crippen molar-refractivity contribution in [2.24, 2.45) is 0 Å². The minimum Gasteiger partial charge on any atom is -0.404 e. The summed E-state index contributed by atoms with van der Waals surface area (Å²) >= 11 is 0. The largest absolute Gasteiger partial charge is 0.404 e. The number of hydrogen-bond acceptors (Lipinski definition) is 6. The van der Waals surface area contributed by atoms with Crippen LogP contribution in [0, 0.1) is 0 Å². The number of fused-ring (bicyclic) bond motifs is 1. The maximum Gasteiger partial charge on any atom is 0.261 e. The highest BCUT2D eigenvalue weighted by Gasteiger charge is 2.65. The predicted octanol–water partition coefficient (Wildman–Crippen LogP) is 3.21. The van der Waals surface area contributed by atoms with Crippen LogP contribution in [-0.4, -0.2) is 63.1 Å². The number of rotatable bonds is 7. The van der Waals surface area contributed by atoms with E-state index in [1.807, 2.05) is 26.0 Å². The van der Waals surface area contributed by atoms with Crippen molar-refractivity contribution in [1.29, 1.82) is 0 Å². The molecule has 0 radical (unpaired) electrons. The highest BCUT2D eigenvalue weighted by atomic mass is 28.4. The monoisotopic (exact) mass is 486 g/mol. The average Bonchev–Trinajstić information content (AvgIpc) is 3.23. The van der Waals surface area contributed by atoms with Gasteiger partial charge >= 0.3 is 0 Å². The van der Waals surface area contributed by atoms with E-state index in [9.17, 15) is 5.11 Å².